The van der Waals surface area contributed by atoms with Crippen LogP contribution >= 0.6 is 11.8 Å². The number of carbonyl (C=O) groups excluding carboxylic acids is 1. The number of alkyl halides is 6. The molecular formula is C27H17F6N3O2S. The number of aromatic nitrogens is 1. The fraction of sp³-hybridized carbons (Fsp3) is 0.185. The van der Waals surface area contributed by atoms with Gasteiger partial charge in [-0.15, -0.1) is 16.9 Å². The van der Waals surface area contributed by atoms with E-state index in [0.29, 0.717) is 58.3 Å². The van der Waals surface area contributed by atoms with Gasteiger partial charge in [0, 0.05) is 33.7 Å². The summed E-state index contributed by atoms with van der Waals surface area (Å²) >= 11 is 1.58. The molecule has 0 aliphatic carbocycles. The molecule has 0 saturated carbocycles. The van der Waals surface area contributed by atoms with Crippen molar-refractivity contribution < 1.29 is 31.1 Å². The Morgan fingerprint density at radius 3 is 2.21 bits per heavy atom. The summed E-state index contributed by atoms with van der Waals surface area (Å²) < 4.78 is 81.1. The Bertz CT molecular complexity index is 1640. The number of hydrogen-bond donors (Lipinski definition) is 0. The highest BCUT2D eigenvalue weighted by Crippen LogP contribution is 2.41. The minimum atomic E-state index is -5.00. The first kappa shape index (κ1) is 26.7. The summed E-state index contributed by atoms with van der Waals surface area (Å²) in [4.78, 5) is 25.6. The van der Waals surface area contributed by atoms with Gasteiger partial charge in [-0.2, -0.15) is 31.5 Å². The van der Waals surface area contributed by atoms with Crippen molar-refractivity contribution in [1.29, 1.82) is 0 Å². The van der Waals surface area contributed by atoms with E-state index in [9.17, 15) is 35.9 Å². The maximum Gasteiger partial charge on any atom is 0.416 e. The van der Waals surface area contributed by atoms with E-state index in [1.54, 1.807) is 46.7 Å². The van der Waals surface area contributed by atoms with Crippen LogP contribution in [0.25, 0.3) is 22.0 Å². The molecule has 0 amide bonds. The lowest BCUT2D eigenvalue weighted by atomic mass is 9.98. The molecule has 1 aliphatic heterocycles. The van der Waals surface area contributed by atoms with Gasteiger partial charge in [0.15, 0.2) is 5.69 Å². The molecule has 3 aromatic carbocycles. The number of hydrogen-bond acceptors (Lipinski definition) is 5. The normalized spacial score (nSPS) is 13.8. The van der Waals surface area contributed by atoms with Crippen molar-refractivity contribution in [3.8, 4) is 11.1 Å². The number of benzene rings is 3. The van der Waals surface area contributed by atoms with Gasteiger partial charge < -0.3 is 4.57 Å². The zero-order chi connectivity index (χ0) is 27.9. The van der Waals surface area contributed by atoms with E-state index in [0.717, 1.165) is 4.90 Å². The van der Waals surface area contributed by atoms with Crippen LogP contribution in [0.15, 0.2) is 80.6 Å². The lowest BCUT2D eigenvalue weighted by molar-refractivity contribution is -0.143. The molecule has 0 bridgehead atoms. The topological polar surface area (TPSA) is 63.8 Å². The Labute approximate surface area is 221 Å². The minimum absolute atomic E-state index is 0.0395. The maximum atomic E-state index is 13.6. The van der Waals surface area contributed by atoms with Crippen molar-refractivity contribution in [2.24, 2.45) is 10.2 Å². The molecule has 4 aromatic rings. The van der Waals surface area contributed by atoms with Crippen LogP contribution in [-0.2, 0) is 25.4 Å². The Morgan fingerprint density at radius 2 is 1.59 bits per heavy atom. The molecule has 1 aromatic heterocycles. The molecule has 0 N–H and O–H groups in total. The Hall–Kier alpha value is -3.93. The van der Waals surface area contributed by atoms with Crippen molar-refractivity contribution >= 4 is 34.6 Å². The zero-order valence-corrected chi connectivity index (χ0v) is 20.6. The highest BCUT2D eigenvalue weighted by molar-refractivity contribution is 7.99. The van der Waals surface area contributed by atoms with Crippen molar-refractivity contribution in [3.63, 3.8) is 0 Å². The average molecular weight is 562 g/mol. The second kappa shape index (κ2) is 9.99. The third-order valence-corrected chi connectivity index (χ3v) is 7.23. The first-order valence-electron chi connectivity index (χ1n) is 11.5. The lowest BCUT2D eigenvalue weighted by Crippen LogP contribution is -2.24. The molecule has 2 heterocycles. The summed E-state index contributed by atoms with van der Waals surface area (Å²) in [6.45, 7) is -0.240. The van der Waals surface area contributed by atoms with Gasteiger partial charge in [0.05, 0.1) is 23.2 Å². The van der Waals surface area contributed by atoms with Gasteiger partial charge in [0.25, 0.3) is 5.56 Å². The smallest absolute Gasteiger partial charge is 0.304 e. The van der Waals surface area contributed by atoms with Crippen LogP contribution in [0.1, 0.15) is 27.0 Å². The summed E-state index contributed by atoms with van der Waals surface area (Å²) in [5.41, 5.74) is -1.83. The fourth-order valence-electron chi connectivity index (χ4n) is 4.45. The van der Waals surface area contributed by atoms with Crippen molar-refractivity contribution in [3.05, 3.63) is 93.3 Å². The highest BCUT2D eigenvalue weighted by atomic mass is 32.2. The molecule has 200 valence electrons. The van der Waals surface area contributed by atoms with E-state index in [2.05, 4.69) is 10.2 Å². The molecule has 1 aliphatic rings. The number of aldehydes is 1. The molecule has 5 nitrogen and oxygen atoms in total. The molecular weight excluding hydrogens is 544 g/mol. The quantitative estimate of drug-likeness (QED) is 0.141. The Balaban J connectivity index is 1.65. The second-order valence-corrected chi connectivity index (χ2v) is 9.87. The highest BCUT2D eigenvalue weighted by Gasteiger charge is 2.36. The zero-order valence-electron chi connectivity index (χ0n) is 19.8. The van der Waals surface area contributed by atoms with Gasteiger partial charge >= 0.3 is 12.4 Å². The molecule has 0 saturated heterocycles. The SMILES string of the molecule is O=Cc1ccc(-c2c(N=NCc3cc(C(F)(F)F)cc(C(F)(F)F)c3)c(=O)n3c4c(cccc24)SCC3)cc1. The lowest BCUT2D eigenvalue weighted by Gasteiger charge is -2.21. The van der Waals surface area contributed by atoms with Crippen LogP contribution in [0, 0.1) is 0 Å². The van der Waals surface area contributed by atoms with Crippen molar-refractivity contribution in [2.75, 3.05) is 5.75 Å². The summed E-state index contributed by atoms with van der Waals surface area (Å²) in [6, 6.07) is 13.1. The van der Waals surface area contributed by atoms with Crippen LogP contribution in [0.5, 0.6) is 0 Å². The van der Waals surface area contributed by atoms with Crippen LogP contribution in [0.3, 0.4) is 0 Å². The van der Waals surface area contributed by atoms with Crippen LogP contribution in [0.2, 0.25) is 0 Å². The molecule has 5 rings (SSSR count). The van der Waals surface area contributed by atoms with E-state index in [4.69, 9.17) is 0 Å². The number of rotatable bonds is 5. The number of pyridine rings is 1. The molecule has 12 heteroatoms. The number of halogens is 6. The van der Waals surface area contributed by atoms with Gasteiger partial charge in [-0.1, -0.05) is 36.4 Å². The largest absolute Gasteiger partial charge is 0.416 e. The summed E-state index contributed by atoms with van der Waals surface area (Å²) in [6.07, 6.45) is -9.33. The molecule has 39 heavy (non-hydrogen) atoms. The number of para-hydroxylation sites is 1. The number of thioether (sulfide) groups is 1. The van der Waals surface area contributed by atoms with Crippen molar-refractivity contribution in [1.82, 2.24) is 4.57 Å². The molecule has 0 radical (unpaired) electrons. The molecule has 0 spiro atoms. The minimum Gasteiger partial charge on any atom is -0.304 e. The van der Waals surface area contributed by atoms with E-state index in [1.807, 2.05) is 12.1 Å². The van der Waals surface area contributed by atoms with Crippen LogP contribution in [0.4, 0.5) is 32.0 Å². The second-order valence-electron chi connectivity index (χ2n) is 8.73. The monoisotopic (exact) mass is 561 g/mol. The first-order chi connectivity index (χ1) is 18.5. The fourth-order valence-corrected chi connectivity index (χ4v) is 5.48. The van der Waals surface area contributed by atoms with Gasteiger partial charge in [-0.3, -0.25) is 9.59 Å². The van der Waals surface area contributed by atoms with Gasteiger partial charge in [0.1, 0.15) is 6.29 Å². The molecule has 0 unspecified atom stereocenters. The number of azo groups is 1. The molecule has 0 fully saturated rings. The number of aryl methyl sites for hydroxylation is 1. The standard InChI is InChI=1S/C27H17F6N3O2S/c28-26(29,30)18-10-16(11-19(12-18)27(31,32)33)13-34-35-23-22(17-6-4-15(14-37)5-7-17)20-2-1-3-21-24(20)36(25(23)38)8-9-39-21/h1-7,10-12,14H,8-9,13H2. The third kappa shape index (κ3) is 5.20. The van der Waals surface area contributed by atoms with E-state index >= 15 is 0 Å². The third-order valence-electron chi connectivity index (χ3n) is 6.20. The van der Waals surface area contributed by atoms with Crippen LogP contribution < -0.4 is 5.56 Å². The van der Waals surface area contributed by atoms with E-state index < -0.39 is 35.6 Å². The van der Waals surface area contributed by atoms with E-state index in [-0.39, 0.29) is 17.3 Å². The van der Waals surface area contributed by atoms with Crippen molar-refractivity contribution in [2.45, 2.75) is 30.3 Å². The molecule has 0 atom stereocenters. The number of carbonyl (C=O) groups is 1. The predicted octanol–water partition coefficient (Wildman–Crippen LogP) is 7.91. The van der Waals surface area contributed by atoms with Gasteiger partial charge in [-0.25, -0.2) is 0 Å². The van der Waals surface area contributed by atoms with Crippen LogP contribution in [-0.4, -0.2) is 16.6 Å². The summed E-state index contributed by atoms with van der Waals surface area (Å²) in [5.74, 6) is 0.625. The summed E-state index contributed by atoms with van der Waals surface area (Å²) in [5, 5.41) is 8.62. The van der Waals surface area contributed by atoms with Gasteiger partial charge in [0.2, 0.25) is 0 Å². The average Bonchev–Trinajstić information content (AvgIpc) is 2.90. The van der Waals surface area contributed by atoms with Gasteiger partial charge in [-0.05, 0) is 35.4 Å². The van der Waals surface area contributed by atoms with E-state index in [1.165, 1.54) is 0 Å². The Kier molecular flexibility index (Phi) is 6.83. The number of nitrogens with zero attached hydrogens (tertiary/aromatic N) is 3. The predicted molar refractivity (Wildman–Crippen MR) is 134 cm³/mol. The first-order valence-corrected chi connectivity index (χ1v) is 12.5. The maximum absolute atomic E-state index is 13.6. The summed E-state index contributed by atoms with van der Waals surface area (Å²) in [7, 11) is 0. The Morgan fingerprint density at radius 1 is 0.923 bits per heavy atom.